The van der Waals surface area contributed by atoms with E-state index in [1.807, 2.05) is 13.8 Å². The van der Waals surface area contributed by atoms with Crippen LogP contribution in [-0.2, 0) is 10.0 Å². The van der Waals surface area contributed by atoms with Gasteiger partial charge in [-0.25, -0.2) is 8.42 Å². The number of amides is 1. The molecule has 5 nitrogen and oxygen atoms in total. The van der Waals surface area contributed by atoms with Crippen LogP contribution in [0.3, 0.4) is 0 Å². The third-order valence-corrected chi connectivity index (χ3v) is 7.64. The predicted molar refractivity (Wildman–Crippen MR) is 116 cm³/mol. The number of nitrogens with one attached hydrogen (secondary N) is 1. The molecule has 0 aliphatic carbocycles. The van der Waals surface area contributed by atoms with E-state index < -0.39 is 10.0 Å². The predicted octanol–water partition coefficient (Wildman–Crippen LogP) is 4.28. The van der Waals surface area contributed by atoms with E-state index in [4.69, 9.17) is 0 Å². The summed E-state index contributed by atoms with van der Waals surface area (Å²) in [6.45, 7) is 9.20. The smallest absolute Gasteiger partial charge is 0.251 e. The molecular formula is C23H30N2O3S. The molecule has 1 saturated heterocycles. The molecule has 1 heterocycles. The molecule has 3 rings (SSSR count). The number of nitrogens with zero attached hydrogens (tertiary/aromatic N) is 1. The van der Waals surface area contributed by atoms with E-state index in [1.54, 1.807) is 18.2 Å². The Hall–Kier alpha value is -2.18. The highest BCUT2D eigenvalue weighted by Gasteiger charge is 2.26. The van der Waals surface area contributed by atoms with Crippen molar-refractivity contribution in [3.05, 3.63) is 64.2 Å². The van der Waals surface area contributed by atoms with Crippen molar-refractivity contribution in [1.29, 1.82) is 0 Å². The summed E-state index contributed by atoms with van der Waals surface area (Å²) in [4.78, 5) is 13.0. The van der Waals surface area contributed by atoms with Crippen LogP contribution in [0.1, 0.15) is 64.8 Å². The number of carbonyl (C=O) groups is 1. The van der Waals surface area contributed by atoms with Crippen LogP contribution < -0.4 is 5.32 Å². The maximum Gasteiger partial charge on any atom is 0.251 e. The first-order valence-electron chi connectivity index (χ1n) is 10.2. The van der Waals surface area contributed by atoms with Crippen molar-refractivity contribution in [2.24, 2.45) is 0 Å². The van der Waals surface area contributed by atoms with Gasteiger partial charge in [0.15, 0.2) is 0 Å². The van der Waals surface area contributed by atoms with Crippen molar-refractivity contribution in [3.63, 3.8) is 0 Å². The Morgan fingerprint density at radius 2 is 1.62 bits per heavy atom. The fourth-order valence-corrected chi connectivity index (χ4v) is 5.42. The van der Waals surface area contributed by atoms with Crippen molar-refractivity contribution < 1.29 is 13.2 Å². The van der Waals surface area contributed by atoms with Gasteiger partial charge >= 0.3 is 0 Å². The van der Waals surface area contributed by atoms with E-state index in [1.165, 1.54) is 21.5 Å². The summed E-state index contributed by atoms with van der Waals surface area (Å²) in [7, 11) is -3.56. The normalized spacial score (nSPS) is 16.4. The molecule has 29 heavy (non-hydrogen) atoms. The molecule has 0 saturated carbocycles. The average Bonchev–Trinajstić information content (AvgIpc) is 2.71. The minimum atomic E-state index is -3.56. The minimum Gasteiger partial charge on any atom is -0.346 e. The van der Waals surface area contributed by atoms with E-state index >= 15 is 0 Å². The van der Waals surface area contributed by atoms with Gasteiger partial charge in [0.25, 0.3) is 5.91 Å². The summed E-state index contributed by atoms with van der Waals surface area (Å²) in [5.74, 6) is -0.272. The molecule has 0 spiro atoms. The van der Waals surface area contributed by atoms with Gasteiger partial charge in [0.2, 0.25) is 10.0 Å². The van der Waals surface area contributed by atoms with Crippen LogP contribution in [0.4, 0.5) is 0 Å². The van der Waals surface area contributed by atoms with Crippen LogP contribution in [0.2, 0.25) is 0 Å². The highest BCUT2D eigenvalue weighted by atomic mass is 32.2. The average molecular weight is 415 g/mol. The Labute approximate surface area is 174 Å². The lowest BCUT2D eigenvalue weighted by Crippen LogP contribution is -2.35. The van der Waals surface area contributed by atoms with Crippen LogP contribution in [-0.4, -0.2) is 31.7 Å². The quantitative estimate of drug-likeness (QED) is 0.794. The van der Waals surface area contributed by atoms with Gasteiger partial charge in [-0.3, -0.25) is 4.79 Å². The Kier molecular flexibility index (Phi) is 6.44. The van der Waals surface area contributed by atoms with Crippen LogP contribution >= 0.6 is 0 Å². The second kappa shape index (κ2) is 8.67. The lowest BCUT2D eigenvalue weighted by atomic mass is 9.96. The van der Waals surface area contributed by atoms with Gasteiger partial charge in [-0.1, -0.05) is 24.6 Å². The topological polar surface area (TPSA) is 66.5 Å². The summed E-state index contributed by atoms with van der Waals surface area (Å²) in [5, 5.41) is 3.01. The van der Waals surface area contributed by atoms with E-state index in [0.29, 0.717) is 18.7 Å². The van der Waals surface area contributed by atoms with E-state index in [2.05, 4.69) is 31.3 Å². The summed E-state index contributed by atoms with van der Waals surface area (Å²) >= 11 is 0. The molecule has 0 radical (unpaired) electrons. The first-order chi connectivity index (χ1) is 13.7. The molecule has 1 atom stereocenters. The number of piperidine rings is 1. The third-order valence-electron chi connectivity index (χ3n) is 5.75. The number of hydrogen-bond donors (Lipinski definition) is 1. The lowest BCUT2D eigenvalue weighted by Gasteiger charge is -2.26. The largest absolute Gasteiger partial charge is 0.346 e. The highest BCUT2D eigenvalue weighted by Crippen LogP contribution is 2.24. The van der Waals surface area contributed by atoms with E-state index in [9.17, 15) is 13.2 Å². The van der Waals surface area contributed by atoms with Crippen LogP contribution in [0.5, 0.6) is 0 Å². The summed E-state index contributed by atoms with van der Waals surface area (Å²) in [6.07, 6.45) is 2.82. The Morgan fingerprint density at radius 1 is 0.966 bits per heavy atom. The molecular weight excluding hydrogens is 384 g/mol. The second-order valence-corrected chi connectivity index (χ2v) is 9.92. The van der Waals surface area contributed by atoms with Gasteiger partial charge in [0.1, 0.15) is 0 Å². The molecule has 1 aliphatic rings. The SMILES string of the molecule is Cc1cc(C)c(C(C)NC(=O)c2cccc(S(=O)(=O)N3CCCCC3)c2)cc1C. The molecule has 2 aromatic carbocycles. The molecule has 1 unspecified atom stereocenters. The Morgan fingerprint density at radius 3 is 2.31 bits per heavy atom. The van der Waals surface area contributed by atoms with Gasteiger partial charge in [-0.15, -0.1) is 0 Å². The Balaban J connectivity index is 1.80. The molecule has 2 aromatic rings. The zero-order chi connectivity index (χ0) is 21.2. The second-order valence-electron chi connectivity index (χ2n) is 7.98. The van der Waals surface area contributed by atoms with Crippen molar-refractivity contribution in [3.8, 4) is 0 Å². The van der Waals surface area contributed by atoms with Crippen LogP contribution in [0.15, 0.2) is 41.3 Å². The maximum absolute atomic E-state index is 12.9. The van der Waals surface area contributed by atoms with Gasteiger partial charge in [0.05, 0.1) is 10.9 Å². The number of benzene rings is 2. The fourth-order valence-electron chi connectivity index (χ4n) is 3.86. The summed E-state index contributed by atoms with van der Waals surface area (Å²) in [5.41, 5.74) is 4.96. The van der Waals surface area contributed by atoms with E-state index in [-0.39, 0.29) is 16.8 Å². The van der Waals surface area contributed by atoms with Crippen molar-refractivity contribution in [1.82, 2.24) is 9.62 Å². The molecule has 0 bridgehead atoms. The highest BCUT2D eigenvalue weighted by molar-refractivity contribution is 7.89. The first kappa shape index (κ1) is 21.5. The first-order valence-corrected chi connectivity index (χ1v) is 11.6. The van der Waals surface area contributed by atoms with Crippen LogP contribution in [0, 0.1) is 20.8 Å². The molecule has 0 aromatic heterocycles. The van der Waals surface area contributed by atoms with Crippen molar-refractivity contribution in [2.45, 2.75) is 57.9 Å². The number of carbonyl (C=O) groups excluding carboxylic acids is 1. The van der Waals surface area contributed by atoms with E-state index in [0.717, 1.165) is 30.4 Å². The lowest BCUT2D eigenvalue weighted by molar-refractivity contribution is 0.0939. The maximum atomic E-state index is 12.9. The number of rotatable bonds is 5. The van der Waals surface area contributed by atoms with Gasteiger partial charge in [-0.05, 0) is 81.0 Å². The van der Waals surface area contributed by atoms with Gasteiger partial charge in [0, 0.05) is 18.7 Å². The third kappa shape index (κ3) is 4.70. The van der Waals surface area contributed by atoms with Gasteiger partial charge in [-0.2, -0.15) is 4.31 Å². The summed E-state index contributed by atoms with van der Waals surface area (Å²) in [6, 6.07) is 10.4. The zero-order valence-corrected chi connectivity index (χ0v) is 18.5. The molecule has 1 fully saturated rings. The van der Waals surface area contributed by atoms with Crippen molar-refractivity contribution in [2.75, 3.05) is 13.1 Å². The Bertz CT molecular complexity index is 1010. The summed E-state index contributed by atoms with van der Waals surface area (Å²) < 4.78 is 27.4. The van der Waals surface area contributed by atoms with Crippen LogP contribution in [0.25, 0.3) is 0 Å². The minimum absolute atomic E-state index is 0.177. The number of sulfonamides is 1. The monoisotopic (exact) mass is 414 g/mol. The fraction of sp³-hybridized carbons (Fsp3) is 0.435. The molecule has 1 aliphatic heterocycles. The number of aryl methyl sites for hydroxylation is 3. The molecule has 1 N–H and O–H groups in total. The molecule has 1 amide bonds. The zero-order valence-electron chi connectivity index (χ0n) is 17.7. The van der Waals surface area contributed by atoms with Crippen molar-refractivity contribution >= 4 is 15.9 Å². The molecule has 156 valence electrons. The standard InChI is InChI=1S/C23H30N2O3S/c1-16-13-18(3)22(14-17(16)2)19(4)24-23(26)20-9-8-10-21(15-20)29(27,28)25-11-6-5-7-12-25/h8-10,13-15,19H,5-7,11-12H2,1-4H3,(H,24,26). The van der Waals surface area contributed by atoms with Gasteiger partial charge < -0.3 is 5.32 Å². The molecule has 6 heteroatoms. The number of hydrogen-bond acceptors (Lipinski definition) is 3.